The molecule has 0 aliphatic heterocycles. The molecule has 3 N–H and O–H groups in total. The first kappa shape index (κ1) is 18.6. The summed E-state index contributed by atoms with van der Waals surface area (Å²) in [6.07, 6.45) is 3.38. The molecule has 0 radical (unpaired) electrons. The van der Waals surface area contributed by atoms with Crippen LogP contribution in [0.25, 0.3) is 0 Å². The van der Waals surface area contributed by atoms with Gasteiger partial charge in [-0.25, -0.2) is 13.1 Å². The van der Waals surface area contributed by atoms with Gasteiger partial charge in [-0.3, -0.25) is 10.1 Å². The molecule has 0 aromatic heterocycles. The molecule has 0 spiro atoms. The van der Waals surface area contributed by atoms with Gasteiger partial charge >= 0.3 is 0 Å². The van der Waals surface area contributed by atoms with Crippen LogP contribution in [0.5, 0.6) is 5.75 Å². The number of methoxy groups -OCH3 is 1. The third-order valence-corrected chi connectivity index (χ3v) is 6.41. The standard InChI is InChI=1S/C15H23N3O5S/c1-11-5-3-4-8-15(11,10-16)17-24(21,22)14-7-6-12(23-2)9-13(14)18(19)20/h6-7,9,11,17H,3-5,8,10,16H2,1-2H3. The van der Waals surface area contributed by atoms with Crippen molar-refractivity contribution in [2.45, 2.75) is 43.0 Å². The Morgan fingerprint density at radius 1 is 1.46 bits per heavy atom. The monoisotopic (exact) mass is 357 g/mol. The van der Waals surface area contributed by atoms with Crippen LogP contribution in [0.15, 0.2) is 23.1 Å². The van der Waals surface area contributed by atoms with Crippen molar-refractivity contribution in [3.63, 3.8) is 0 Å². The summed E-state index contributed by atoms with van der Waals surface area (Å²) in [7, 11) is -2.73. The van der Waals surface area contributed by atoms with E-state index in [4.69, 9.17) is 10.5 Å². The van der Waals surface area contributed by atoms with Crippen molar-refractivity contribution in [3.05, 3.63) is 28.3 Å². The van der Waals surface area contributed by atoms with Crippen molar-refractivity contribution in [3.8, 4) is 5.75 Å². The lowest BCUT2D eigenvalue weighted by Gasteiger charge is -2.42. The molecule has 134 valence electrons. The van der Waals surface area contributed by atoms with E-state index in [1.165, 1.54) is 19.2 Å². The summed E-state index contributed by atoms with van der Waals surface area (Å²) >= 11 is 0. The highest BCUT2D eigenvalue weighted by Crippen LogP contribution is 2.36. The average molecular weight is 357 g/mol. The number of nitrogens with zero attached hydrogens (tertiary/aromatic N) is 1. The van der Waals surface area contributed by atoms with Gasteiger partial charge in [-0.05, 0) is 30.9 Å². The number of sulfonamides is 1. The quantitative estimate of drug-likeness (QED) is 0.591. The van der Waals surface area contributed by atoms with Gasteiger partial charge in [0.2, 0.25) is 10.0 Å². The minimum Gasteiger partial charge on any atom is -0.497 e. The van der Waals surface area contributed by atoms with Crippen LogP contribution >= 0.6 is 0 Å². The molecular weight excluding hydrogens is 334 g/mol. The molecule has 1 fully saturated rings. The number of rotatable bonds is 6. The van der Waals surface area contributed by atoms with Crippen LogP contribution in [-0.4, -0.2) is 32.5 Å². The summed E-state index contributed by atoms with van der Waals surface area (Å²) < 4.78 is 33.2. The van der Waals surface area contributed by atoms with Crippen LogP contribution < -0.4 is 15.2 Å². The predicted molar refractivity (Wildman–Crippen MR) is 89.4 cm³/mol. The molecule has 2 rings (SSSR count). The van der Waals surface area contributed by atoms with Gasteiger partial charge in [-0.15, -0.1) is 0 Å². The maximum atomic E-state index is 12.8. The lowest BCUT2D eigenvalue weighted by Crippen LogP contribution is -2.58. The van der Waals surface area contributed by atoms with Crippen LogP contribution in [0.2, 0.25) is 0 Å². The van der Waals surface area contributed by atoms with E-state index in [9.17, 15) is 18.5 Å². The number of nitrogens with two attached hydrogens (primary N) is 1. The van der Waals surface area contributed by atoms with Crippen LogP contribution in [0.4, 0.5) is 5.69 Å². The van der Waals surface area contributed by atoms with E-state index in [-0.39, 0.29) is 23.1 Å². The number of nitrogens with one attached hydrogen (secondary N) is 1. The highest BCUT2D eigenvalue weighted by Gasteiger charge is 2.42. The first-order valence-electron chi connectivity index (χ1n) is 7.82. The summed E-state index contributed by atoms with van der Waals surface area (Å²) in [6, 6.07) is 3.69. The van der Waals surface area contributed by atoms with Gasteiger partial charge in [-0.2, -0.15) is 0 Å². The van der Waals surface area contributed by atoms with Crippen LogP contribution in [0.1, 0.15) is 32.6 Å². The molecule has 0 heterocycles. The third-order valence-electron chi connectivity index (χ3n) is 4.81. The maximum absolute atomic E-state index is 12.8. The second-order valence-electron chi connectivity index (χ2n) is 6.20. The molecule has 2 atom stereocenters. The van der Waals surface area contributed by atoms with Crippen molar-refractivity contribution in [1.82, 2.24) is 4.72 Å². The average Bonchev–Trinajstić information content (AvgIpc) is 2.56. The highest BCUT2D eigenvalue weighted by molar-refractivity contribution is 7.89. The Kier molecular flexibility index (Phi) is 5.46. The summed E-state index contributed by atoms with van der Waals surface area (Å²) in [4.78, 5) is 10.2. The van der Waals surface area contributed by atoms with Crippen molar-refractivity contribution in [2.75, 3.05) is 13.7 Å². The number of hydrogen-bond acceptors (Lipinski definition) is 6. The van der Waals surface area contributed by atoms with Gasteiger partial charge in [0.05, 0.1) is 18.1 Å². The fourth-order valence-corrected chi connectivity index (χ4v) is 4.91. The number of ether oxygens (including phenoxy) is 1. The van der Waals surface area contributed by atoms with E-state index in [2.05, 4.69) is 4.72 Å². The molecular formula is C15H23N3O5S. The Labute approximate surface area is 141 Å². The normalized spacial score (nSPS) is 24.5. The van der Waals surface area contributed by atoms with Gasteiger partial charge in [0.1, 0.15) is 5.75 Å². The zero-order chi connectivity index (χ0) is 18.0. The predicted octanol–water partition coefficient (Wildman–Crippen LogP) is 1.79. The number of nitro groups is 1. The lowest BCUT2D eigenvalue weighted by molar-refractivity contribution is -0.387. The van der Waals surface area contributed by atoms with Crippen LogP contribution in [0.3, 0.4) is 0 Å². The number of benzene rings is 1. The van der Waals surface area contributed by atoms with E-state index in [1.807, 2.05) is 6.92 Å². The zero-order valence-electron chi connectivity index (χ0n) is 13.8. The first-order chi connectivity index (χ1) is 11.3. The van der Waals surface area contributed by atoms with Gasteiger partial charge in [0.15, 0.2) is 4.90 Å². The van der Waals surface area contributed by atoms with E-state index in [0.717, 1.165) is 25.3 Å². The Balaban J connectivity index is 2.45. The topological polar surface area (TPSA) is 125 Å². The Bertz CT molecular complexity index is 722. The zero-order valence-corrected chi connectivity index (χ0v) is 14.6. The van der Waals surface area contributed by atoms with Crippen molar-refractivity contribution in [2.24, 2.45) is 11.7 Å². The van der Waals surface area contributed by atoms with E-state index in [1.54, 1.807) is 0 Å². The molecule has 1 saturated carbocycles. The van der Waals surface area contributed by atoms with Crippen LogP contribution in [0, 0.1) is 16.0 Å². The molecule has 1 aromatic carbocycles. The molecule has 8 nitrogen and oxygen atoms in total. The minimum absolute atomic E-state index is 0.0586. The van der Waals surface area contributed by atoms with E-state index >= 15 is 0 Å². The Hall–Kier alpha value is -1.71. The summed E-state index contributed by atoms with van der Waals surface area (Å²) in [5.74, 6) is 0.281. The summed E-state index contributed by atoms with van der Waals surface area (Å²) in [6.45, 7) is 2.11. The maximum Gasteiger partial charge on any atom is 0.293 e. The van der Waals surface area contributed by atoms with Gasteiger partial charge in [0, 0.05) is 12.1 Å². The van der Waals surface area contributed by atoms with Gasteiger partial charge in [-0.1, -0.05) is 19.8 Å². The molecule has 24 heavy (non-hydrogen) atoms. The second-order valence-corrected chi connectivity index (χ2v) is 7.85. The Morgan fingerprint density at radius 2 is 2.17 bits per heavy atom. The van der Waals surface area contributed by atoms with Gasteiger partial charge < -0.3 is 10.5 Å². The van der Waals surface area contributed by atoms with Crippen molar-refractivity contribution in [1.29, 1.82) is 0 Å². The second kappa shape index (κ2) is 7.04. The molecule has 2 unspecified atom stereocenters. The molecule has 0 saturated heterocycles. The smallest absolute Gasteiger partial charge is 0.293 e. The van der Waals surface area contributed by atoms with Gasteiger partial charge in [0.25, 0.3) is 5.69 Å². The summed E-state index contributed by atoms with van der Waals surface area (Å²) in [5, 5.41) is 11.3. The molecule has 9 heteroatoms. The number of hydrogen-bond donors (Lipinski definition) is 2. The summed E-state index contributed by atoms with van der Waals surface area (Å²) in [5.41, 5.74) is 4.59. The third kappa shape index (κ3) is 3.52. The fraction of sp³-hybridized carbons (Fsp3) is 0.600. The van der Waals surface area contributed by atoms with Crippen LogP contribution in [-0.2, 0) is 10.0 Å². The highest BCUT2D eigenvalue weighted by atomic mass is 32.2. The van der Waals surface area contributed by atoms with E-state index < -0.39 is 26.2 Å². The van der Waals surface area contributed by atoms with E-state index in [0.29, 0.717) is 6.42 Å². The number of nitro benzene ring substituents is 1. The molecule has 0 amide bonds. The largest absolute Gasteiger partial charge is 0.497 e. The van der Waals surface area contributed by atoms with Crippen molar-refractivity contribution < 1.29 is 18.1 Å². The fourth-order valence-electron chi connectivity index (χ4n) is 3.23. The first-order valence-corrected chi connectivity index (χ1v) is 9.30. The molecule has 1 aliphatic carbocycles. The molecule has 1 aliphatic rings. The molecule has 1 aromatic rings. The minimum atomic E-state index is -4.09. The SMILES string of the molecule is COc1ccc(S(=O)(=O)NC2(CN)CCCCC2C)c([N+](=O)[O-])c1. The lowest BCUT2D eigenvalue weighted by atomic mass is 9.74. The molecule has 0 bridgehead atoms. The Morgan fingerprint density at radius 3 is 2.71 bits per heavy atom. The van der Waals surface area contributed by atoms with Crippen molar-refractivity contribution >= 4 is 15.7 Å².